The smallest absolute Gasteiger partial charge is 0.254 e. The Bertz CT molecular complexity index is 1230. The molecule has 2 aromatic rings. The van der Waals surface area contributed by atoms with Crippen LogP contribution in [0, 0.1) is 24.2 Å². The van der Waals surface area contributed by atoms with Gasteiger partial charge in [0.25, 0.3) is 5.91 Å². The maximum atomic E-state index is 13.7. The largest absolute Gasteiger partial charge is 0.339 e. The molecule has 7 heteroatoms. The Balaban J connectivity index is 1.33. The lowest BCUT2D eigenvalue weighted by Gasteiger charge is -2.34. The van der Waals surface area contributed by atoms with Crippen molar-refractivity contribution >= 4 is 5.91 Å². The van der Waals surface area contributed by atoms with Crippen LogP contribution in [0.2, 0.25) is 0 Å². The number of hydrogen-bond donors (Lipinski definition) is 1. The number of nitrogens with zero attached hydrogens (tertiary/aromatic N) is 5. The van der Waals surface area contributed by atoms with Gasteiger partial charge in [-0.3, -0.25) is 4.79 Å². The number of nitriles is 1. The fourth-order valence-electron chi connectivity index (χ4n) is 5.47. The van der Waals surface area contributed by atoms with E-state index in [1.807, 2.05) is 11.0 Å². The summed E-state index contributed by atoms with van der Waals surface area (Å²) in [6.07, 6.45) is 11.1. The first kappa shape index (κ1) is 24.5. The molecule has 5 rings (SSSR count). The van der Waals surface area contributed by atoms with Gasteiger partial charge >= 0.3 is 0 Å². The molecule has 7 nitrogen and oxygen atoms in total. The van der Waals surface area contributed by atoms with Gasteiger partial charge < -0.3 is 14.8 Å². The molecule has 2 fully saturated rings. The van der Waals surface area contributed by atoms with Gasteiger partial charge in [-0.1, -0.05) is 17.7 Å². The van der Waals surface area contributed by atoms with Gasteiger partial charge in [-0.05, 0) is 94.6 Å². The highest BCUT2D eigenvalue weighted by molar-refractivity contribution is 5.97. The van der Waals surface area contributed by atoms with Crippen molar-refractivity contribution in [2.75, 3.05) is 33.7 Å². The predicted octanol–water partition coefficient (Wildman–Crippen LogP) is 4.78. The molecule has 2 heterocycles. The third-order valence-corrected chi connectivity index (χ3v) is 7.86. The van der Waals surface area contributed by atoms with Gasteiger partial charge in [0.05, 0.1) is 6.07 Å². The molecule has 0 atom stereocenters. The molecule has 1 amide bonds. The van der Waals surface area contributed by atoms with Crippen molar-refractivity contribution in [1.82, 2.24) is 25.0 Å². The molecule has 2 aliphatic carbocycles. The molecule has 0 bridgehead atoms. The van der Waals surface area contributed by atoms with Crippen LogP contribution in [0.3, 0.4) is 0 Å². The molecule has 188 valence electrons. The number of likely N-dealkylation sites (N-methyl/N-ethyl adjacent to an activating group) is 1. The highest BCUT2D eigenvalue weighted by atomic mass is 16.2. The van der Waals surface area contributed by atoms with Gasteiger partial charge in [0.1, 0.15) is 5.82 Å². The SMILES string of the molecule is Cc1cc(C2CC2)c(-c2nnc(CCN(C)C)[nH]2)cc1C(=O)N1CCC(C2=CC=C(C#N)CC2)CC1. The molecule has 1 saturated carbocycles. The number of hydrogen-bond acceptors (Lipinski definition) is 5. The van der Waals surface area contributed by atoms with Crippen LogP contribution >= 0.6 is 0 Å². The summed E-state index contributed by atoms with van der Waals surface area (Å²) in [4.78, 5) is 21.2. The second-order valence-corrected chi connectivity index (χ2v) is 10.8. The first-order valence-electron chi connectivity index (χ1n) is 13.2. The van der Waals surface area contributed by atoms with E-state index in [0.717, 1.165) is 85.7 Å². The number of benzene rings is 1. The van der Waals surface area contributed by atoms with Gasteiger partial charge in [0.15, 0.2) is 5.82 Å². The van der Waals surface area contributed by atoms with Crippen LogP contribution in [0.4, 0.5) is 0 Å². The summed E-state index contributed by atoms with van der Waals surface area (Å²) >= 11 is 0. The van der Waals surface area contributed by atoms with Gasteiger partial charge in [-0.2, -0.15) is 5.26 Å². The number of aromatic nitrogens is 3. The second-order valence-electron chi connectivity index (χ2n) is 10.8. The highest BCUT2D eigenvalue weighted by Crippen LogP contribution is 2.45. The topological polar surface area (TPSA) is 88.9 Å². The summed E-state index contributed by atoms with van der Waals surface area (Å²) in [5, 5.41) is 18.0. The van der Waals surface area contributed by atoms with E-state index in [2.05, 4.69) is 65.4 Å². The lowest BCUT2D eigenvalue weighted by molar-refractivity contribution is 0.0700. The van der Waals surface area contributed by atoms with Crippen LogP contribution in [0.1, 0.15) is 71.8 Å². The van der Waals surface area contributed by atoms with Gasteiger partial charge in [-0.15, -0.1) is 10.2 Å². The molecule has 1 N–H and O–H groups in total. The van der Waals surface area contributed by atoms with Crippen molar-refractivity contribution in [1.29, 1.82) is 5.26 Å². The zero-order valence-electron chi connectivity index (χ0n) is 21.7. The van der Waals surface area contributed by atoms with Crippen LogP contribution in [0.5, 0.6) is 0 Å². The quantitative estimate of drug-likeness (QED) is 0.611. The molecule has 0 spiro atoms. The Morgan fingerprint density at radius 2 is 1.89 bits per heavy atom. The van der Waals surface area contributed by atoms with Crippen molar-refractivity contribution in [3.63, 3.8) is 0 Å². The van der Waals surface area contributed by atoms with Crippen molar-refractivity contribution in [2.45, 2.75) is 57.8 Å². The Labute approximate surface area is 213 Å². The second kappa shape index (κ2) is 10.4. The predicted molar refractivity (Wildman–Crippen MR) is 140 cm³/mol. The van der Waals surface area contributed by atoms with E-state index < -0.39 is 0 Å². The molecule has 0 unspecified atom stereocenters. The first-order valence-corrected chi connectivity index (χ1v) is 13.2. The Hall–Kier alpha value is -3.24. The average molecular weight is 485 g/mol. The number of carbonyl (C=O) groups excluding carboxylic acids is 1. The molecule has 1 aromatic carbocycles. The van der Waals surface area contributed by atoms with E-state index >= 15 is 0 Å². The first-order chi connectivity index (χ1) is 17.4. The molecular weight excluding hydrogens is 448 g/mol. The van der Waals surface area contributed by atoms with Gasteiger partial charge in [-0.25, -0.2) is 0 Å². The third kappa shape index (κ3) is 5.29. The number of nitrogens with one attached hydrogen (secondary N) is 1. The summed E-state index contributed by atoms with van der Waals surface area (Å²) < 4.78 is 0. The number of likely N-dealkylation sites (tertiary alicyclic amines) is 1. The standard InChI is InChI=1S/C29H36N6O/c1-19-16-25(23-8-9-23)26(28-31-27(32-33-28)12-13-34(2)3)17-24(19)29(36)35-14-10-22(11-15-35)21-6-4-20(18-30)5-7-21/h4,6,16-17,22-23H,5,7-15H2,1-3H3,(H,31,32,33). The number of piperidine rings is 1. The van der Waals surface area contributed by atoms with E-state index in [-0.39, 0.29) is 5.91 Å². The number of rotatable bonds is 7. The maximum absolute atomic E-state index is 13.7. The summed E-state index contributed by atoms with van der Waals surface area (Å²) in [6, 6.07) is 6.54. The molecular formula is C29H36N6O. The zero-order valence-corrected chi connectivity index (χ0v) is 21.7. The Morgan fingerprint density at radius 3 is 2.53 bits per heavy atom. The summed E-state index contributed by atoms with van der Waals surface area (Å²) in [5.74, 6) is 2.82. The van der Waals surface area contributed by atoms with Gasteiger partial charge in [0.2, 0.25) is 0 Å². The van der Waals surface area contributed by atoms with Crippen LogP contribution in [0.25, 0.3) is 11.4 Å². The number of allylic oxidation sites excluding steroid dienone is 4. The fourth-order valence-corrected chi connectivity index (χ4v) is 5.47. The lowest BCUT2D eigenvalue weighted by atomic mass is 9.83. The number of H-pyrrole nitrogens is 1. The number of aryl methyl sites for hydroxylation is 1. The highest BCUT2D eigenvalue weighted by Gasteiger charge is 2.31. The summed E-state index contributed by atoms with van der Waals surface area (Å²) in [7, 11) is 4.10. The van der Waals surface area contributed by atoms with E-state index in [0.29, 0.717) is 11.8 Å². The van der Waals surface area contributed by atoms with Crippen molar-refractivity contribution < 1.29 is 4.79 Å². The Morgan fingerprint density at radius 1 is 1.11 bits per heavy atom. The van der Waals surface area contributed by atoms with E-state index in [9.17, 15) is 4.79 Å². The van der Waals surface area contributed by atoms with Crippen LogP contribution < -0.4 is 0 Å². The third-order valence-electron chi connectivity index (χ3n) is 7.86. The summed E-state index contributed by atoms with van der Waals surface area (Å²) in [5.41, 5.74) is 6.43. The molecule has 0 radical (unpaired) electrons. The number of aromatic amines is 1. The summed E-state index contributed by atoms with van der Waals surface area (Å²) in [6.45, 7) is 4.51. The monoisotopic (exact) mass is 484 g/mol. The van der Waals surface area contributed by atoms with E-state index in [1.165, 1.54) is 24.0 Å². The molecule has 1 saturated heterocycles. The zero-order chi connectivity index (χ0) is 25.2. The maximum Gasteiger partial charge on any atom is 0.254 e. The van der Waals surface area contributed by atoms with Crippen molar-refractivity contribution in [3.05, 3.63) is 57.9 Å². The lowest BCUT2D eigenvalue weighted by Crippen LogP contribution is -2.39. The minimum absolute atomic E-state index is 0.117. The molecule has 36 heavy (non-hydrogen) atoms. The van der Waals surface area contributed by atoms with E-state index in [1.54, 1.807) is 0 Å². The Kier molecular flexibility index (Phi) is 7.06. The normalized spacial score (nSPS) is 18.7. The number of amides is 1. The molecule has 1 aliphatic heterocycles. The van der Waals surface area contributed by atoms with Crippen LogP contribution in [-0.4, -0.2) is 64.6 Å². The van der Waals surface area contributed by atoms with Crippen molar-refractivity contribution in [3.8, 4) is 17.5 Å². The van der Waals surface area contributed by atoms with Gasteiger partial charge in [0, 0.05) is 42.8 Å². The fraction of sp³-hybridized carbons (Fsp3) is 0.517. The minimum Gasteiger partial charge on any atom is -0.339 e. The van der Waals surface area contributed by atoms with Crippen LogP contribution in [0.15, 0.2) is 35.4 Å². The molecule has 3 aliphatic rings. The number of carbonyl (C=O) groups is 1. The average Bonchev–Trinajstić information content (AvgIpc) is 3.64. The van der Waals surface area contributed by atoms with Crippen molar-refractivity contribution in [2.24, 2.45) is 5.92 Å². The molecule has 1 aromatic heterocycles. The minimum atomic E-state index is 0.117. The van der Waals surface area contributed by atoms with Crippen LogP contribution in [-0.2, 0) is 6.42 Å². The van der Waals surface area contributed by atoms with E-state index in [4.69, 9.17) is 5.26 Å².